The van der Waals surface area contributed by atoms with Crippen LogP contribution in [-0.4, -0.2) is 34.4 Å². The maximum Gasteiger partial charge on any atom is 0.244 e. The van der Waals surface area contributed by atoms with Gasteiger partial charge in [0, 0.05) is 12.0 Å². The minimum Gasteiger partial charge on any atom is -0.624 e. The minimum atomic E-state index is -1.38. The van der Waals surface area contributed by atoms with Gasteiger partial charge in [0.05, 0.1) is 4.83 Å². The predicted octanol–water partition coefficient (Wildman–Crippen LogP) is 0.483. The largest absolute Gasteiger partial charge is 0.624 e. The van der Waals surface area contributed by atoms with Gasteiger partial charge >= 0.3 is 0 Å². The minimum absolute atomic E-state index is 0.00556. The lowest BCUT2D eigenvalue weighted by atomic mass is 9.93. The van der Waals surface area contributed by atoms with Crippen molar-refractivity contribution in [2.45, 2.75) is 23.5 Å². The fourth-order valence-electron chi connectivity index (χ4n) is 1.35. The second-order valence-electron chi connectivity index (χ2n) is 3.13. The summed E-state index contributed by atoms with van der Waals surface area (Å²) in [5.41, 5.74) is 5.31. The number of primary amides is 1. The van der Waals surface area contributed by atoms with Gasteiger partial charge < -0.3 is 10.9 Å². The zero-order valence-corrected chi connectivity index (χ0v) is 8.91. The van der Waals surface area contributed by atoms with Crippen molar-refractivity contribution in [3.8, 4) is 0 Å². The number of hydrogen-bond acceptors (Lipinski definition) is 2. The molecule has 3 unspecified atom stereocenters. The number of allylic oxidation sites excluding steroid dienone is 1. The number of nitrogens with zero attached hydrogens (tertiary/aromatic N) is 1. The quantitative estimate of drug-likeness (QED) is 0.259. The number of halogens is 2. The van der Waals surface area contributed by atoms with E-state index >= 15 is 0 Å². The molecule has 0 aromatic carbocycles. The van der Waals surface area contributed by atoms with E-state index in [1.807, 2.05) is 0 Å². The van der Waals surface area contributed by atoms with Gasteiger partial charge in [-0.1, -0.05) is 22.0 Å². The summed E-state index contributed by atoms with van der Waals surface area (Å²) < 4.78 is 13.7. The maximum atomic E-state index is 13.4. The van der Waals surface area contributed by atoms with Crippen LogP contribution in [0.2, 0.25) is 0 Å². The Morgan fingerprint density at radius 1 is 1.86 bits per heavy atom. The number of hydroxylamine groups is 1. The number of rotatable bonds is 2. The number of carbonyl (C=O) groups excluding carboxylic acids is 1. The Balaban J connectivity index is 2.92. The maximum absolute atomic E-state index is 13.4. The van der Waals surface area contributed by atoms with E-state index in [0.29, 0.717) is 0 Å². The molecule has 1 aliphatic carbocycles. The molecule has 0 saturated carbocycles. The molecule has 3 atom stereocenters. The topological polar surface area (TPSA) is 69.2 Å². The first-order chi connectivity index (χ1) is 6.43. The van der Waals surface area contributed by atoms with Crippen LogP contribution in [0, 0.1) is 5.21 Å². The summed E-state index contributed by atoms with van der Waals surface area (Å²) in [6.45, 7) is 3.08. The lowest BCUT2D eigenvalue weighted by molar-refractivity contribution is -0.502. The van der Waals surface area contributed by atoms with Crippen molar-refractivity contribution in [1.29, 1.82) is 0 Å². The first-order valence-electron chi connectivity index (χ1n) is 3.99. The first-order valence-corrected chi connectivity index (χ1v) is 4.90. The summed E-state index contributed by atoms with van der Waals surface area (Å²) in [6, 6.07) is -0.952. The summed E-state index contributed by atoms with van der Waals surface area (Å²) in [5.74, 6) is -0.631. The molecule has 2 N–H and O–H groups in total. The Labute approximate surface area is 89.0 Å². The van der Waals surface area contributed by atoms with Crippen molar-refractivity contribution in [3.05, 3.63) is 16.9 Å². The van der Waals surface area contributed by atoms with Crippen molar-refractivity contribution >= 4 is 28.6 Å². The molecule has 0 saturated heterocycles. The number of nitrogens with two attached hydrogens (primary N) is 1. The average molecular weight is 265 g/mol. The lowest BCUT2D eigenvalue weighted by Gasteiger charge is -2.26. The Morgan fingerprint density at radius 2 is 2.43 bits per heavy atom. The molecule has 78 valence electrons. The molecule has 0 aromatic heterocycles. The van der Waals surface area contributed by atoms with E-state index in [9.17, 15) is 14.4 Å². The molecule has 14 heavy (non-hydrogen) atoms. The van der Waals surface area contributed by atoms with Crippen LogP contribution in [0.1, 0.15) is 6.42 Å². The number of amides is 1. The Hall–Kier alpha value is -0.910. The Kier molecular flexibility index (Phi) is 3.25. The van der Waals surface area contributed by atoms with Crippen LogP contribution in [0.3, 0.4) is 0 Å². The first kappa shape index (κ1) is 11.2. The smallest absolute Gasteiger partial charge is 0.244 e. The number of alkyl halides is 2. The summed E-state index contributed by atoms with van der Waals surface area (Å²) in [7, 11) is 0. The SMILES string of the molecule is C=[N+]([O-])C1CC(C(N)=O)=CC(Br)C1F. The van der Waals surface area contributed by atoms with Gasteiger partial charge in [-0.05, 0) is 0 Å². The van der Waals surface area contributed by atoms with E-state index < -0.39 is 22.9 Å². The van der Waals surface area contributed by atoms with Crippen molar-refractivity contribution in [3.63, 3.8) is 0 Å². The Bertz CT molecular complexity index is 306. The Morgan fingerprint density at radius 3 is 2.86 bits per heavy atom. The molecule has 1 aliphatic rings. The highest BCUT2D eigenvalue weighted by Gasteiger charge is 2.38. The number of carbonyl (C=O) groups is 1. The predicted molar refractivity (Wildman–Crippen MR) is 54.0 cm³/mol. The molecule has 1 amide bonds. The standard InChI is InChI=1S/C8H10BrFN2O2/c1-12(14)6-3-4(8(11)13)2-5(9)7(6)10/h2,5-7H,1,3H2,(H2,11,13). The molecule has 0 fully saturated rings. The molecule has 0 radical (unpaired) electrons. The molecule has 0 aromatic rings. The third kappa shape index (κ3) is 2.12. The van der Waals surface area contributed by atoms with E-state index in [-0.39, 0.29) is 16.7 Å². The van der Waals surface area contributed by atoms with Crippen LogP contribution in [0.5, 0.6) is 0 Å². The highest BCUT2D eigenvalue weighted by atomic mass is 79.9. The van der Waals surface area contributed by atoms with Gasteiger partial charge in [-0.2, -0.15) is 0 Å². The molecule has 6 heteroatoms. The van der Waals surface area contributed by atoms with Crippen LogP contribution in [-0.2, 0) is 4.79 Å². The van der Waals surface area contributed by atoms with Crippen LogP contribution < -0.4 is 5.73 Å². The molecule has 0 heterocycles. The highest BCUT2D eigenvalue weighted by molar-refractivity contribution is 9.09. The van der Waals surface area contributed by atoms with E-state index in [4.69, 9.17) is 5.73 Å². The van der Waals surface area contributed by atoms with Crippen molar-refractivity contribution < 1.29 is 13.9 Å². The second-order valence-corrected chi connectivity index (χ2v) is 4.19. The van der Waals surface area contributed by atoms with Crippen LogP contribution >= 0.6 is 15.9 Å². The average Bonchev–Trinajstić information content (AvgIpc) is 2.08. The van der Waals surface area contributed by atoms with Crippen molar-refractivity contribution in [2.75, 3.05) is 0 Å². The van der Waals surface area contributed by atoms with E-state index in [0.717, 1.165) is 0 Å². The molecular formula is C8H10BrFN2O2. The zero-order chi connectivity index (χ0) is 10.9. The second kappa shape index (κ2) is 4.08. The molecule has 4 nitrogen and oxygen atoms in total. The van der Waals surface area contributed by atoms with Crippen LogP contribution in [0.15, 0.2) is 11.6 Å². The fourth-order valence-corrected chi connectivity index (χ4v) is 2.02. The van der Waals surface area contributed by atoms with Crippen molar-refractivity contribution in [2.24, 2.45) is 5.73 Å². The summed E-state index contributed by atoms with van der Waals surface area (Å²) >= 11 is 3.02. The van der Waals surface area contributed by atoms with Crippen molar-refractivity contribution in [1.82, 2.24) is 0 Å². The van der Waals surface area contributed by atoms with Gasteiger partial charge in [0.25, 0.3) is 0 Å². The third-order valence-electron chi connectivity index (χ3n) is 2.15. The summed E-state index contributed by atoms with van der Waals surface area (Å²) in [6.07, 6.45) is 0.0200. The van der Waals surface area contributed by atoms with E-state index in [1.54, 1.807) is 0 Å². The van der Waals surface area contributed by atoms with Gasteiger partial charge in [-0.3, -0.25) is 4.79 Å². The van der Waals surface area contributed by atoms with Gasteiger partial charge in [0.15, 0.2) is 12.2 Å². The van der Waals surface area contributed by atoms with Gasteiger partial charge in [-0.15, -0.1) is 0 Å². The summed E-state index contributed by atoms with van der Waals surface area (Å²) in [5, 5.41) is 10.9. The molecule has 0 aliphatic heterocycles. The van der Waals surface area contributed by atoms with Crippen LogP contribution in [0.4, 0.5) is 4.39 Å². The fraction of sp³-hybridized carbons (Fsp3) is 0.500. The number of hydrogen-bond donors (Lipinski definition) is 1. The normalized spacial score (nSPS) is 32.1. The van der Waals surface area contributed by atoms with E-state index in [1.165, 1.54) is 6.08 Å². The highest BCUT2D eigenvalue weighted by Crippen LogP contribution is 2.27. The lowest BCUT2D eigenvalue weighted by Crippen LogP contribution is -2.41. The van der Waals surface area contributed by atoms with Gasteiger partial charge in [0.2, 0.25) is 5.91 Å². The third-order valence-corrected chi connectivity index (χ3v) is 2.92. The van der Waals surface area contributed by atoms with E-state index in [2.05, 4.69) is 22.6 Å². The molecule has 0 spiro atoms. The van der Waals surface area contributed by atoms with Crippen LogP contribution in [0.25, 0.3) is 0 Å². The summed E-state index contributed by atoms with van der Waals surface area (Å²) in [4.78, 5) is 10.2. The molecule has 1 rings (SSSR count). The molecule has 0 bridgehead atoms. The monoisotopic (exact) mass is 264 g/mol. The van der Waals surface area contributed by atoms with Gasteiger partial charge in [-0.25, -0.2) is 9.13 Å². The molecular weight excluding hydrogens is 255 g/mol. The zero-order valence-electron chi connectivity index (χ0n) is 7.32. The van der Waals surface area contributed by atoms with Gasteiger partial charge in [0.1, 0.15) is 6.72 Å².